The zero-order chi connectivity index (χ0) is 20.4. The average molecular weight is 374 g/mol. The molecule has 1 heterocycles. The van der Waals surface area contributed by atoms with Gasteiger partial charge in [0.15, 0.2) is 0 Å². The summed E-state index contributed by atoms with van der Waals surface area (Å²) >= 11 is 0. The van der Waals surface area contributed by atoms with Gasteiger partial charge in [-0.2, -0.15) is 5.10 Å². The predicted octanol–water partition coefficient (Wildman–Crippen LogP) is 3.05. The van der Waals surface area contributed by atoms with Crippen LogP contribution in [0.2, 0.25) is 0 Å². The molecule has 0 aliphatic rings. The predicted molar refractivity (Wildman–Crippen MR) is 102 cm³/mol. The van der Waals surface area contributed by atoms with Crippen molar-refractivity contribution < 1.29 is 14.0 Å². The number of nitrogens with zero attached hydrogens (tertiary/aromatic N) is 2. The third-order valence-corrected chi connectivity index (χ3v) is 4.37. The summed E-state index contributed by atoms with van der Waals surface area (Å²) in [7, 11) is 0. The SMILES string of the molecule is Cc1c(C(C)NC(=O)C(C)NC(=O)C(C)(C)C)cnn1-c1ccc(F)cc1. The van der Waals surface area contributed by atoms with Crippen LogP contribution in [-0.2, 0) is 9.59 Å². The van der Waals surface area contributed by atoms with Gasteiger partial charge in [0, 0.05) is 16.7 Å². The molecule has 0 radical (unpaired) electrons. The van der Waals surface area contributed by atoms with Gasteiger partial charge in [0.05, 0.1) is 17.9 Å². The molecule has 0 fully saturated rings. The summed E-state index contributed by atoms with van der Waals surface area (Å²) in [5, 5.41) is 9.96. The van der Waals surface area contributed by atoms with Gasteiger partial charge in [-0.05, 0) is 45.0 Å². The fraction of sp³-hybridized carbons (Fsp3) is 0.450. The molecule has 1 aromatic heterocycles. The van der Waals surface area contributed by atoms with Crippen molar-refractivity contribution in [2.75, 3.05) is 0 Å². The number of hydrogen-bond donors (Lipinski definition) is 2. The Balaban J connectivity index is 2.08. The van der Waals surface area contributed by atoms with Gasteiger partial charge >= 0.3 is 0 Å². The smallest absolute Gasteiger partial charge is 0.242 e. The van der Waals surface area contributed by atoms with Crippen LogP contribution in [0, 0.1) is 18.2 Å². The Morgan fingerprint density at radius 1 is 1.11 bits per heavy atom. The molecule has 7 heteroatoms. The summed E-state index contributed by atoms with van der Waals surface area (Å²) in [6.45, 7) is 10.8. The van der Waals surface area contributed by atoms with E-state index < -0.39 is 11.5 Å². The van der Waals surface area contributed by atoms with E-state index in [1.807, 2.05) is 13.8 Å². The maximum absolute atomic E-state index is 13.1. The standard InChI is InChI=1S/C20H27FN4O2/c1-12(23-18(26)13(2)24-19(27)20(4,5)6)17-11-22-25(14(17)3)16-9-7-15(21)8-10-16/h7-13H,1-6H3,(H,23,26)(H,24,27). The molecular formula is C20H27FN4O2. The average Bonchev–Trinajstić information content (AvgIpc) is 2.96. The lowest BCUT2D eigenvalue weighted by molar-refractivity contribution is -0.133. The number of benzene rings is 1. The van der Waals surface area contributed by atoms with Gasteiger partial charge in [-0.15, -0.1) is 0 Å². The van der Waals surface area contributed by atoms with Crippen LogP contribution in [0.15, 0.2) is 30.5 Å². The number of carbonyl (C=O) groups is 2. The highest BCUT2D eigenvalue weighted by molar-refractivity contribution is 5.89. The second-order valence-corrected chi connectivity index (χ2v) is 7.75. The van der Waals surface area contributed by atoms with E-state index >= 15 is 0 Å². The second-order valence-electron chi connectivity index (χ2n) is 7.75. The first-order chi connectivity index (χ1) is 12.5. The molecule has 2 rings (SSSR count). The largest absolute Gasteiger partial charge is 0.348 e. The molecular weight excluding hydrogens is 347 g/mol. The second kappa shape index (κ2) is 7.90. The molecule has 0 saturated heterocycles. The number of amides is 2. The van der Waals surface area contributed by atoms with Gasteiger partial charge in [0.25, 0.3) is 0 Å². The van der Waals surface area contributed by atoms with Crippen LogP contribution in [0.1, 0.15) is 51.9 Å². The highest BCUT2D eigenvalue weighted by Gasteiger charge is 2.26. The molecule has 0 aliphatic carbocycles. The zero-order valence-electron chi connectivity index (χ0n) is 16.6. The molecule has 6 nitrogen and oxygen atoms in total. The van der Waals surface area contributed by atoms with Gasteiger partial charge in [-0.3, -0.25) is 9.59 Å². The van der Waals surface area contributed by atoms with E-state index in [2.05, 4.69) is 15.7 Å². The van der Waals surface area contributed by atoms with Gasteiger partial charge < -0.3 is 10.6 Å². The molecule has 2 amide bonds. The lowest BCUT2D eigenvalue weighted by Crippen LogP contribution is -2.48. The minimum Gasteiger partial charge on any atom is -0.348 e. The van der Waals surface area contributed by atoms with Crippen molar-refractivity contribution >= 4 is 11.8 Å². The van der Waals surface area contributed by atoms with Crippen LogP contribution < -0.4 is 10.6 Å². The van der Waals surface area contributed by atoms with Crippen molar-refractivity contribution in [3.8, 4) is 5.69 Å². The normalized spacial score (nSPS) is 13.7. The lowest BCUT2D eigenvalue weighted by atomic mass is 9.95. The van der Waals surface area contributed by atoms with Crippen molar-refractivity contribution in [1.82, 2.24) is 20.4 Å². The van der Waals surface area contributed by atoms with Gasteiger partial charge in [0.2, 0.25) is 11.8 Å². The molecule has 0 spiro atoms. The van der Waals surface area contributed by atoms with E-state index in [1.54, 1.807) is 50.7 Å². The summed E-state index contributed by atoms with van der Waals surface area (Å²) in [4.78, 5) is 24.5. The monoisotopic (exact) mass is 374 g/mol. The van der Waals surface area contributed by atoms with Crippen LogP contribution in [0.3, 0.4) is 0 Å². The zero-order valence-corrected chi connectivity index (χ0v) is 16.6. The van der Waals surface area contributed by atoms with E-state index in [4.69, 9.17) is 0 Å². The van der Waals surface area contributed by atoms with E-state index in [0.29, 0.717) is 0 Å². The van der Waals surface area contributed by atoms with Crippen LogP contribution in [0.4, 0.5) is 4.39 Å². The summed E-state index contributed by atoms with van der Waals surface area (Å²) in [6, 6.07) is 5.10. The number of halogens is 1. The van der Waals surface area contributed by atoms with E-state index in [1.165, 1.54) is 12.1 Å². The molecule has 2 aromatic rings. The Bertz CT molecular complexity index is 821. The van der Waals surface area contributed by atoms with Crippen LogP contribution in [0.5, 0.6) is 0 Å². The molecule has 146 valence electrons. The maximum atomic E-state index is 13.1. The number of aromatic nitrogens is 2. The van der Waals surface area contributed by atoms with Crippen molar-refractivity contribution in [3.63, 3.8) is 0 Å². The van der Waals surface area contributed by atoms with Crippen molar-refractivity contribution in [1.29, 1.82) is 0 Å². The molecule has 0 bridgehead atoms. The number of rotatable bonds is 5. The molecule has 2 N–H and O–H groups in total. The van der Waals surface area contributed by atoms with Crippen LogP contribution in [-0.4, -0.2) is 27.6 Å². The summed E-state index contributed by atoms with van der Waals surface area (Å²) in [6.07, 6.45) is 1.68. The van der Waals surface area contributed by atoms with Gasteiger partial charge in [0.1, 0.15) is 11.9 Å². The Kier molecular flexibility index (Phi) is 6.03. The summed E-state index contributed by atoms with van der Waals surface area (Å²) < 4.78 is 14.8. The Hall–Kier alpha value is -2.70. The first-order valence-corrected chi connectivity index (χ1v) is 8.92. The Morgan fingerprint density at radius 2 is 1.70 bits per heavy atom. The summed E-state index contributed by atoms with van der Waals surface area (Å²) in [5.74, 6) is -0.761. The Labute approximate surface area is 159 Å². The van der Waals surface area contributed by atoms with E-state index in [9.17, 15) is 14.0 Å². The first-order valence-electron chi connectivity index (χ1n) is 8.92. The maximum Gasteiger partial charge on any atom is 0.242 e. The van der Waals surface area contributed by atoms with Crippen molar-refractivity contribution in [2.24, 2.45) is 5.41 Å². The molecule has 1 aromatic carbocycles. The fourth-order valence-electron chi connectivity index (χ4n) is 2.58. The van der Waals surface area contributed by atoms with Gasteiger partial charge in [-0.25, -0.2) is 9.07 Å². The third-order valence-electron chi connectivity index (χ3n) is 4.37. The Morgan fingerprint density at radius 3 is 2.26 bits per heavy atom. The molecule has 2 atom stereocenters. The van der Waals surface area contributed by atoms with E-state index in [-0.39, 0.29) is 23.7 Å². The summed E-state index contributed by atoms with van der Waals surface area (Å²) in [5.41, 5.74) is 1.87. The molecule has 0 aliphatic heterocycles. The molecule has 27 heavy (non-hydrogen) atoms. The number of nitrogens with one attached hydrogen (secondary N) is 2. The van der Waals surface area contributed by atoms with Crippen LogP contribution >= 0.6 is 0 Å². The number of hydrogen-bond acceptors (Lipinski definition) is 3. The minimum atomic E-state index is -0.647. The third kappa shape index (κ3) is 4.93. The topological polar surface area (TPSA) is 76.0 Å². The van der Waals surface area contributed by atoms with E-state index in [0.717, 1.165) is 16.9 Å². The van der Waals surface area contributed by atoms with Crippen LogP contribution in [0.25, 0.3) is 5.69 Å². The van der Waals surface area contributed by atoms with Crippen molar-refractivity contribution in [3.05, 3.63) is 47.5 Å². The quantitative estimate of drug-likeness (QED) is 0.845. The van der Waals surface area contributed by atoms with Crippen molar-refractivity contribution in [2.45, 2.75) is 53.6 Å². The fourth-order valence-corrected chi connectivity index (χ4v) is 2.58. The highest BCUT2D eigenvalue weighted by Crippen LogP contribution is 2.20. The number of carbonyl (C=O) groups excluding carboxylic acids is 2. The van der Waals surface area contributed by atoms with Gasteiger partial charge in [-0.1, -0.05) is 20.8 Å². The highest BCUT2D eigenvalue weighted by atomic mass is 19.1. The lowest BCUT2D eigenvalue weighted by Gasteiger charge is -2.23. The molecule has 0 saturated carbocycles. The molecule has 2 unspecified atom stereocenters. The minimum absolute atomic E-state index is 0.182. The first kappa shape index (κ1) is 20.6.